The van der Waals surface area contributed by atoms with Gasteiger partial charge in [-0.3, -0.25) is 0 Å². The number of aromatic nitrogens is 3. The molecule has 0 aliphatic heterocycles. The van der Waals surface area contributed by atoms with Gasteiger partial charge in [0.05, 0.1) is 11.8 Å². The highest BCUT2D eigenvalue weighted by Crippen LogP contribution is 2.30. The fourth-order valence-electron chi connectivity index (χ4n) is 4.44. The predicted molar refractivity (Wildman–Crippen MR) is 131 cm³/mol. The van der Waals surface area contributed by atoms with E-state index in [9.17, 15) is 0 Å². The van der Waals surface area contributed by atoms with Gasteiger partial charge in [0, 0.05) is 26.9 Å². The molecule has 1 aromatic heterocycles. The first-order chi connectivity index (χ1) is 15.2. The molecule has 2 aromatic carbocycles. The van der Waals surface area contributed by atoms with E-state index < -0.39 is 0 Å². The van der Waals surface area contributed by atoms with Crippen molar-refractivity contribution < 1.29 is 14.1 Å². The molecule has 32 heavy (non-hydrogen) atoms. The van der Waals surface area contributed by atoms with Crippen LogP contribution in [-0.2, 0) is 0 Å². The molecular formula is C28H41N3O+2. The molecule has 1 N–H and O–H groups in total. The van der Waals surface area contributed by atoms with Gasteiger partial charge >= 0.3 is 12.1 Å². The lowest BCUT2D eigenvalue weighted by Gasteiger charge is -2.13. The normalized spacial score (nSPS) is 11.9. The summed E-state index contributed by atoms with van der Waals surface area (Å²) < 4.78 is 10.5. The Morgan fingerprint density at radius 3 is 1.47 bits per heavy atom. The largest absolute Gasteiger partial charge is 0.471 e. The maximum atomic E-state index is 6.17. The number of nitrogens with zero attached hydrogens (tertiary/aromatic N) is 2. The van der Waals surface area contributed by atoms with Crippen LogP contribution in [0.5, 0.6) is 5.88 Å². The lowest BCUT2D eigenvalue weighted by molar-refractivity contribution is -0.807. The number of rotatable bonds is 8. The first-order valence-electron chi connectivity index (χ1n) is 12.1. The van der Waals surface area contributed by atoms with Gasteiger partial charge in [0.25, 0.3) is 5.69 Å². The number of aromatic amines is 1. The summed E-state index contributed by atoms with van der Waals surface area (Å²) in [5.41, 5.74) is 7.73. The molecule has 0 atom stereocenters. The van der Waals surface area contributed by atoms with E-state index >= 15 is 0 Å². The average Bonchev–Trinajstić information content (AvgIpc) is 3.15. The number of H-pyrrole nitrogens is 1. The predicted octanol–water partition coefficient (Wildman–Crippen LogP) is 6.46. The number of nitrogens with one attached hydrogen (secondary N) is 1. The molecule has 0 saturated heterocycles. The van der Waals surface area contributed by atoms with Crippen LogP contribution in [0.2, 0.25) is 0 Å². The first-order valence-corrected chi connectivity index (χ1v) is 12.1. The Bertz CT molecular complexity index is 1010. The highest BCUT2D eigenvalue weighted by molar-refractivity contribution is 5.46. The Balaban J connectivity index is 2.36. The molecule has 3 rings (SSSR count). The van der Waals surface area contributed by atoms with Crippen LogP contribution in [0.4, 0.5) is 0 Å². The summed E-state index contributed by atoms with van der Waals surface area (Å²) in [7, 11) is 0. The molecule has 172 valence electrons. The number of ether oxygens (including phenoxy) is 1. The molecule has 3 aromatic rings. The summed E-state index contributed by atoms with van der Waals surface area (Å²) in [6.07, 6.45) is 2.11. The molecule has 0 saturated carbocycles. The lowest BCUT2D eigenvalue weighted by atomic mass is 9.93. The Morgan fingerprint density at radius 2 is 1.09 bits per heavy atom. The van der Waals surface area contributed by atoms with Gasteiger partial charge in [-0.25, -0.2) is 0 Å². The summed E-state index contributed by atoms with van der Waals surface area (Å²) in [5.74, 6) is 2.46. The molecule has 0 bridgehead atoms. The van der Waals surface area contributed by atoms with Crippen LogP contribution in [-0.4, -0.2) is 11.8 Å². The minimum absolute atomic E-state index is 0.400. The lowest BCUT2D eigenvalue weighted by Crippen LogP contribution is -2.46. The highest BCUT2D eigenvalue weighted by Gasteiger charge is 2.35. The van der Waals surface area contributed by atoms with Crippen molar-refractivity contribution >= 4 is 0 Å². The highest BCUT2D eigenvalue weighted by atomic mass is 16.5. The van der Waals surface area contributed by atoms with Crippen molar-refractivity contribution in [1.29, 1.82) is 0 Å². The minimum atomic E-state index is 0.400. The first kappa shape index (κ1) is 24.0. The van der Waals surface area contributed by atoms with E-state index in [2.05, 4.69) is 113 Å². The Kier molecular flexibility index (Phi) is 7.43. The molecule has 0 spiro atoms. The molecule has 0 amide bonds. The van der Waals surface area contributed by atoms with E-state index in [4.69, 9.17) is 4.74 Å². The molecule has 1 heterocycles. The standard InChI is InChI=1S/C28H40N3O/c1-10-32-26-17-30(27-22(18(2)3)13-11-14-23(27)19(4)5)29-31(26)28-24(20(6)7)15-12-16-25(28)21(8)9/h11-21H,10H2,1-9H3/q+1/p+1. The number of benzene rings is 2. The van der Waals surface area contributed by atoms with Crippen molar-refractivity contribution in [2.24, 2.45) is 0 Å². The minimum Gasteiger partial charge on any atom is -0.438 e. The van der Waals surface area contributed by atoms with E-state index in [-0.39, 0.29) is 0 Å². The number of para-hydroxylation sites is 2. The monoisotopic (exact) mass is 435 g/mol. The topological polar surface area (TPSA) is 32.8 Å². The molecule has 0 unspecified atom stereocenters. The van der Waals surface area contributed by atoms with Crippen LogP contribution in [0.3, 0.4) is 0 Å². The van der Waals surface area contributed by atoms with Gasteiger partial charge in [-0.15, -0.1) is 0 Å². The van der Waals surface area contributed by atoms with Crippen molar-refractivity contribution in [3.63, 3.8) is 0 Å². The molecule has 0 aliphatic carbocycles. The fraction of sp³-hybridized carbons (Fsp3) is 0.500. The SMILES string of the molecule is CCOc1c[n+](-c2c(C(C)C)cccc2C(C)C)[nH][n+]1-c1c(C(C)C)cccc1C(C)C. The molecular weight excluding hydrogens is 394 g/mol. The second kappa shape index (κ2) is 9.89. The van der Waals surface area contributed by atoms with Gasteiger partial charge < -0.3 is 4.74 Å². The Morgan fingerprint density at radius 1 is 0.688 bits per heavy atom. The van der Waals surface area contributed by atoms with E-state index in [1.807, 2.05) is 6.92 Å². The van der Waals surface area contributed by atoms with Crippen molar-refractivity contribution in [3.8, 4) is 17.3 Å². The summed E-state index contributed by atoms with van der Waals surface area (Å²) in [5, 5.41) is 3.69. The fourth-order valence-corrected chi connectivity index (χ4v) is 4.44. The maximum absolute atomic E-state index is 6.17. The van der Waals surface area contributed by atoms with Crippen LogP contribution in [0.15, 0.2) is 42.6 Å². The number of hydrogen-bond acceptors (Lipinski definition) is 1. The van der Waals surface area contributed by atoms with Gasteiger partial charge in [-0.2, -0.15) is 0 Å². The van der Waals surface area contributed by atoms with E-state index in [1.54, 1.807) is 0 Å². The molecule has 0 radical (unpaired) electrons. The summed E-state index contributed by atoms with van der Waals surface area (Å²) in [6, 6.07) is 13.3. The second-order valence-electron chi connectivity index (χ2n) is 9.89. The third kappa shape index (κ3) is 4.60. The van der Waals surface area contributed by atoms with Crippen molar-refractivity contribution in [3.05, 3.63) is 64.8 Å². The van der Waals surface area contributed by atoms with E-state index in [0.29, 0.717) is 30.3 Å². The van der Waals surface area contributed by atoms with Gasteiger partial charge in [0.2, 0.25) is 5.69 Å². The van der Waals surface area contributed by atoms with Crippen molar-refractivity contribution in [1.82, 2.24) is 5.21 Å². The molecule has 0 aliphatic rings. The van der Waals surface area contributed by atoms with Crippen LogP contribution >= 0.6 is 0 Å². The van der Waals surface area contributed by atoms with Crippen LogP contribution in [0.1, 0.15) is 108 Å². The third-order valence-corrected chi connectivity index (χ3v) is 6.11. The van der Waals surface area contributed by atoms with Gasteiger partial charge in [-0.1, -0.05) is 91.8 Å². The molecule has 4 heteroatoms. The second-order valence-corrected chi connectivity index (χ2v) is 9.89. The Hall–Kier alpha value is -2.62. The van der Waals surface area contributed by atoms with Crippen LogP contribution in [0, 0.1) is 0 Å². The molecule has 4 nitrogen and oxygen atoms in total. The summed E-state index contributed by atoms with van der Waals surface area (Å²) in [4.78, 5) is 0. The zero-order valence-electron chi connectivity index (χ0n) is 21.4. The maximum Gasteiger partial charge on any atom is 0.471 e. The van der Waals surface area contributed by atoms with Crippen LogP contribution < -0.4 is 14.1 Å². The Labute approximate surface area is 194 Å². The molecule has 0 fully saturated rings. The third-order valence-electron chi connectivity index (χ3n) is 6.11. The van der Waals surface area contributed by atoms with Gasteiger partial charge in [0.15, 0.2) is 0 Å². The number of hydrogen-bond donors (Lipinski definition) is 1. The smallest absolute Gasteiger partial charge is 0.438 e. The van der Waals surface area contributed by atoms with E-state index in [0.717, 1.165) is 5.88 Å². The average molecular weight is 436 g/mol. The summed E-state index contributed by atoms with van der Waals surface area (Å²) >= 11 is 0. The van der Waals surface area contributed by atoms with Crippen LogP contribution in [0.25, 0.3) is 11.4 Å². The van der Waals surface area contributed by atoms with Crippen molar-refractivity contribution in [2.45, 2.75) is 86.0 Å². The zero-order valence-corrected chi connectivity index (χ0v) is 21.4. The van der Waals surface area contributed by atoms with Gasteiger partial charge in [-0.05, 0) is 35.3 Å². The quantitative estimate of drug-likeness (QED) is 0.405. The van der Waals surface area contributed by atoms with Gasteiger partial charge in [0.1, 0.15) is 0 Å². The van der Waals surface area contributed by atoms with Crippen molar-refractivity contribution in [2.75, 3.05) is 6.61 Å². The zero-order chi connectivity index (χ0) is 23.6. The summed E-state index contributed by atoms with van der Waals surface area (Å²) in [6.45, 7) is 20.7. The van der Waals surface area contributed by atoms with E-state index in [1.165, 1.54) is 33.6 Å².